The van der Waals surface area contributed by atoms with Gasteiger partial charge in [-0.15, -0.1) is 0 Å². The number of hydrogen-bond donors (Lipinski definition) is 1. The number of nitrogens with zero attached hydrogens (tertiary/aromatic N) is 2. The van der Waals surface area contributed by atoms with Gasteiger partial charge in [-0.1, -0.05) is 12.1 Å². The minimum absolute atomic E-state index is 0.0517. The van der Waals surface area contributed by atoms with Gasteiger partial charge in [-0.2, -0.15) is 0 Å². The first kappa shape index (κ1) is 18.5. The number of para-hydroxylation sites is 1. The van der Waals surface area contributed by atoms with Crippen molar-refractivity contribution in [3.8, 4) is 11.5 Å². The maximum Gasteiger partial charge on any atom is 0.257 e. The molecule has 1 aliphatic rings. The van der Waals surface area contributed by atoms with Gasteiger partial charge < -0.3 is 14.5 Å². The summed E-state index contributed by atoms with van der Waals surface area (Å²) in [5.74, 6) is 1.91. The Kier molecular flexibility index (Phi) is 5.30. The lowest BCUT2D eigenvalue weighted by Crippen LogP contribution is -2.33. The molecular formula is C22H25N3O3. The first-order chi connectivity index (χ1) is 13.7. The third-order valence-corrected chi connectivity index (χ3v) is 5.54. The zero-order chi connectivity index (χ0) is 19.5. The Morgan fingerprint density at radius 2 is 1.96 bits per heavy atom. The number of fused-ring (bicyclic) bond motifs is 1. The fraction of sp³-hybridized carbons (Fsp3) is 0.364. The number of H-pyrrole nitrogens is 1. The monoisotopic (exact) mass is 379 g/mol. The van der Waals surface area contributed by atoms with E-state index in [1.807, 2.05) is 24.3 Å². The van der Waals surface area contributed by atoms with Crippen molar-refractivity contribution in [2.24, 2.45) is 0 Å². The second-order valence-corrected chi connectivity index (χ2v) is 7.19. The molecule has 1 N–H and O–H groups in total. The molecule has 0 aliphatic carbocycles. The molecule has 0 atom stereocenters. The average Bonchev–Trinajstić information content (AvgIpc) is 2.74. The molecule has 0 spiro atoms. The minimum atomic E-state index is -0.0517. The van der Waals surface area contributed by atoms with Gasteiger partial charge in [-0.05, 0) is 50.2 Å². The van der Waals surface area contributed by atoms with Crippen molar-refractivity contribution in [3.63, 3.8) is 0 Å². The zero-order valence-corrected chi connectivity index (χ0v) is 16.3. The summed E-state index contributed by atoms with van der Waals surface area (Å²) in [6.07, 6.45) is 3.73. The Balaban J connectivity index is 1.46. The number of piperidine rings is 1. The van der Waals surface area contributed by atoms with Crippen LogP contribution in [0.2, 0.25) is 0 Å². The van der Waals surface area contributed by atoms with Crippen LogP contribution in [-0.4, -0.2) is 42.2 Å². The van der Waals surface area contributed by atoms with Gasteiger partial charge in [-0.3, -0.25) is 14.7 Å². The molecule has 4 rings (SSSR count). The van der Waals surface area contributed by atoms with Crippen molar-refractivity contribution in [1.29, 1.82) is 0 Å². The van der Waals surface area contributed by atoms with Gasteiger partial charge in [0.25, 0.3) is 5.56 Å². The Labute approximate surface area is 164 Å². The van der Waals surface area contributed by atoms with Crippen LogP contribution < -0.4 is 15.0 Å². The van der Waals surface area contributed by atoms with Gasteiger partial charge in [0.2, 0.25) is 0 Å². The predicted octanol–water partition coefficient (Wildman–Crippen LogP) is 3.32. The largest absolute Gasteiger partial charge is 0.493 e. The molecular weight excluding hydrogens is 354 g/mol. The van der Waals surface area contributed by atoms with E-state index in [2.05, 4.69) is 20.9 Å². The summed E-state index contributed by atoms with van der Waals surface area (Å²) in [4.78, 5) is 22.2. The molecule has 0 saturated carbocycles. The van der Waals surface area contributed by atoms with Crippen molar-refractivity contribution in [2.75, 3.05) is 27.3 Å². The topological polar surface area (TPSA) is 67.5 Å². The summed E-state index contributed by atoms with van der Waals surface area (Å²) < 4.78 is 11.0. The minimum Gasteiger partial charge on any atom is -0.493 e. The van der Waals surface area contributed by atoms with E-state index in [9.17, 15) is 4.79 Å². The van der Waals surface area contributed by atoms with Crippen molar-refractivity contribution in [1.82, 2.24) is 14.9 Å². The maximum absolute atomic E-state index is 12.3. The van der Waals surface area contributed by atoms with Crippen LogP contribution in [0.25, 0.3) is 10.9 Å². The Morgan fingerprint density at radius 3 is 2.71 bits per heavy atom. The smallest absolute Gasteiger partial charge is 0.257 e. The van der Waals surface area contributed by atoms with Crippen molar-refractivity contribution >= 4 is 10.9 Å². The van der Waals surface area contributed by atoms with Crippen LogP contribution in [0.1, 0.15) is 30.0 Å². The van der Waals surface area contributed by atoms with E-state index in [0.717, 1.165) is 60.7 Å². The first-order valence-electron chi connectivity index (χ1n) is 9.59. The summed E-state index contributed by atoms with van der Waals surface area (Å²) in [6, 6.07) is 11.6. The molecule has 0 amide bonds. The summed E-state index contributed by atoms with van der Waals surface area (Å²) in [5.41, 5.74) is 2.84. The number of aromatic amines is 1. The number of methoxy groups -OCH3 is 2. The molecule has 1 saturated heterocycles. The number of ether oxygens (including phenoxy) is 2. The summed E-state index contributed by atoms with van der Waals surface area (Å²) in [6.45, 7) is 2.75. The second kappa shape index (κ2) is 8.02. The number of nitrogens with one attached hydrogen (secondary N) is 1. The Morgan fingerprint density at radius 1 is 1.14 bits per heavy atom. The van der Waals surface area contributed by atoms with Crippen LogP contribution >= 0.6 is 0 Å². The number of pyridine rings is 2. The van der Waals surface area contributed by atoms with E-state index < -0.39 is 0 Å². The average molecular weight is 379 g/mol. The molecule has 0 radical (unpaired) electrons. The number of benzene rings is 1. The SMILES string of the molecule is COc1cccc(CN2CCC(c3cc4ncccc4c(=O)[nH]3)CC2)c1OC. The van der Waals surface area contributed by atoms with E-state index >= 15 is 0 Å². The number of hydrogen-bond acceptors (Lipinski definition) is 5. The highest BCUT2D eigenvalue weighted by Crippen LogP contribution is 2.33. The molecule has 2 aromatic heterocycles. The molecule has 1 aliphatic heterocycles. The highest BCUT2D eigenvalue weighted by Gasteiger charge is 2.23. The highest BCUT2D eigenvalue weighted by atomic mass is 16.5. The van der Waals surface area contributed by atoms with Gasteiger partial charge in [0.1, 0.15) is 0 Å². The van der Waals surface area contributed by atoms with Crippen LogP contribution in [0, 0.1) is 0 Å². The Hall–Kier alpha value is -2.86. The van der Waals surface area contributed by atoms with Gasteiger partial charge in [0, 0.05) is 29.9 Å². The number of aromatic nitrogens is 2. The van der Waals surface area contributed by atoms with E-state index in [-0.39, 0.29) is 5.56 Å². The van der Waals surface area contributed by atoms with Crippen LogP contribution in [0.3, 0.4) is 0 Å². The van der Waals surface area contributed by atoms with Gasteiger partial charge in [0.15, 0.2) is 11.5 Å². The van der Waals surface area contributed by atoms with Crippen molar-refractivity contribution in [3.05, 3.63) is 64.2 Å². The lowest BCUT2D eigenvalue weighted by Gasteiger charge is -2.32. The predicted molar refractivity (Wildman–Crippen MR) is 109 cm³/mol. The number of rotatable bonds is 5. The van der Waals surface area contributed by atoms with E-state index in [1.165, 1.54) is 0 Å². The number of likely N-dealkylation sites (tertiary alicyclic amines) is 1. The molecule has 28 heavy (non-hydrogen) atoms. The van der Waals surface area contributed by atoms with Crippen molar-refractivity contribution < 1.29 is 9.47 Å². The maximum atomic E-state index is 12.3. The Bertz CT molecular complexity index is 1020. The van der Waals surface area contributed by atoms with Crippen LogP contribution in [0.5, 0.6) is 11.5 Å². The summed E-state index contributed by atoms with van der Waals surface area (Å²) in [5, 5.41) is 0.647. The summed E-state index contributed by atoms with van der Waals surface area (Å²) >= 11 is 0. The fourth-order valence-corrected chi connectivity index (χ4v) is 4.05. The normalized spacial score (nSPS) is 15.6. The molecule has 6 nitrogen and oxygen atoms in total. The molecule has 0 bridgehead atoms. The highest BCUT2D eigenvalue weighted by molar-refractivity contribution is 5.77. The third-order valence-electron chi connectivity index (χ3n) is 5.54. The molecule has 3 aromatic rings. The third kappa shape index (κ3) is 3.60. The zero-order valence-electron chi connectivity index (χ0n) is 16.3. The van der Waals surface area contributed by atoms with Gasteiger partial charge in [0.05, 0.1) is 25.1 Å². The van der Waals surface area contributed by atoms with Crippen LogP contribution in [0.15, 0.2) is 47.4 Å². The van der Waals surface area contributed by atoms with E-state index in [0.29, 0.717) is 11.3 Å². The van der Waals surface area contributed by atoms with E-state index in [4.69, 9.17) is 9.47 Å². The first-order valence-corrected chi connectivity index (χ1v) is 9.59. The van der Waals surface area contributed by atoms with E-state index in [1.54, 1.807) is 26.5 Å². The molecule has 1 fully saturated rings. The van der Waals surface area contributed by atoms with Crippen molar-refractivity contribution in [2.45, 2.75) is 25.3 Å². The van der Waals surface area contributed by atoms with Crippen LogP contribution in [0.4, 0.5) is 0 Å². The fourth-order valence-electron chi connectivity index (χ4n) is 4.05. The molecule has 1 aromatic carbocycles. The lowest BCUT2D eigenvalue weighted by molar-refractivity contribution is 0.200. The van der Waals surface area contributed by atoms with Gasteiger partial charge in [-0.25, -0.2) is 0 Å². The molecule has 6 heteroatoms. The molecule has 0 unspecified atom stereocenters. The lowest BCUT2D eigenvalue weighted by atomic mass is 9.92. The van der Waals surface area contributed by atoms with Crippen LogP contribution in [-0.2, 0) is 6.54 Å². The molecule has 146 valence electrons. The second-order valence-electron chi connectivity index (χ2n) is 7.19. The standard InChI is InChI=1S/C22H25N3O3/c1-27-20-7-3-5-16(21(20)28-2)14-25-11-8-15(9-12-25)18-13-19-17(22(26)24-18)6-4-10-23-19/h3-7,10,13,15H,8-9,11-12,14H2,1-2H3,(H,24,26). The summed E-state index contributed by atoms with van der Waals surface area (Å²) in [7, 11) is 3.34. The van der Waals surface area contributed by atoms with Gasteiger partial charge >= 0.3 is 0 Å². The molecule has 3 heterocycles. The quantitative estimate of drug-likeness (QED) is 0.737.